The van der Waals surface area contributed by atoms with Crippen LogP contribution in [0.5, 0.6) is 0 Å². The van der Waals surface area contributed by atoms with E-state index in [1.54, 1.807) is 0 Å². The van der Waals surface area contributed by atoms with Gasteiger partial charge in [-0.25, -0.2) is 0 Å². The first-order chi connectivity index (χ1) is 13.7. The van der Waals surface area contributed by atoms with Crippen LogP contribution >= 0.6 is 0 Å². The molecule has 0 saturated carbocycles. The molecule has 0 aromatic heterocycles. The number of allylic oxidation sites excluding steroid dienone is 1. The Balaban J connectivity index is 1.41. The highest BCUT2D eigenvalue weighted by atomic mass is 16.1. The van der Waals surface area contributed by atoms with Gasteiger partial charge in [-0.05, 0) is 75.8 Å². The SMILES string of the molecule is CC/C=C(/CN1CCC(CNC(=O)[C@H]2CCCN(C)C2)CC1)c1ccccc1. The zero-order valence-electron chi connectivity index (χ0n) is 17.7. The zero-order valence-corrected chi connectivity index (χ0v) is 17.7. The highest BCUT2D eigenvalue weighted by molar-refractivity contribution is 5.79. The van der Waals surface area contributed by atoms with Crippen LogP contribution in [0.25, 0.3) is 5.57 Å². The molecule has 1 amide bonds. The summed E-state index contributed by atoms with van der Waals surface area (Å²) in [4.78, 5) is 17.3. The van der Waals surface area contributed by atoms with E-state index in [9.17, 15) is 4.79 Å². The lowest BCUT2D eigenvalue weighted by Crippen LogP contribution is -2.44. The van der Waals surface area contributed by atoms with Gasteiger partial charge in [-0.15, -0.1) is 0 Å². The molecular weight excluding hydrogens is 346 g/mol. The van der Waals surface area contributed by atoms with Crippen LogP contribution in [0.4, 0.5) is 0 Å². The molecule has 1 atom stereocenters. The van der Waals surface area contributed by atoms with Gasteiger partial charge in [-0.3, -0.25) is 9.69 Å². The molecule has 0 aliphatic carbocycles. The second kappa shape index (κ2) is 10.8. The van der Waals surface area contributed by atoms with Gasteiger partial charge < -0.3 is 10.2 Å². The summed E-state index contributed by atoms with van der Waals surface area (Å²) in [6, 6.07) is 10.8. The molecule has 2 heterocycles. The van der Waals surface area contributed by atoms with Gasteiger partial charge in [-0.2, -0.15) is 0 Å². The van der Waals surface area contributed by atoms with E-state index in [0.717, 1.165) is 58.5 Å². The topological polar surface area (TPSA) is 35.6 Å². The van der Waals surface area contributed by atoms with E-state index in [1.807, 2.05) is 0 Å². The molecule has 4 heteroatoms. The van der Waals surface area contributed by atoms with Crippen LogP contribution in [-0.2, 0) is 4.79 Å². The van der Waals surface area contributed by atoms with E-state index >= 15 is 0 Å². The minimum absolute atomic E-state index is 0.187. The Hall–Kier alpha value is -1.65. The molecule has 1 aromatic carbocycles. The number of nitrogens with zero attached hydrogens (tertiary/aromatic N) is 2. The Morgan fingerprint density at radius 1 is 1.14 bits per heavy atom. The first-order valence-electron chi connectivity index (χ1n) is 11.1. The van der Waals surface area contributed by atoms with Crippen molar-refractivity contribution < 1.29 is 4.79 Å². The molecule has 3 rings (SSSR count). The summed E-state index contributed by atoms with van der Waals surface area (Å²) in [5.41, 5.74) is 2.78. The summed E-state index contributed by atoms with van der Waals surface area (Å²) in [5, 5.41) is 3.25. The minimum atomic E-state index is 0.187. The first kappa shape index (κ1) is 21.1. The van der Waals surface area contributed by atoms with Crippen LogP contribution in [0.2, 0.25) is 0 Å². The smallest absolute Gasteiger partial charge is 0.224 e. The zero-order chi connectivity index (χ0) is 19.8. The molecule has 4 nitrogen and oxygen atoms in total. The number of carbonyl (C=O) groups excluding carboxylic acids is 1. The average molecular weight is 384 g/mol. The molecule has 2 saturated heterocycles. The lowest BCUT2D eigenvalue weighted by Gasteiger charge is -2.33. The number of hydrogen-bond acceptors (Lipinski definition) is 3. The molecule has 28 heavy (non-hydrogen) atoms. The Labute approximate surface area is 171 Å². The summed E-state index contributed by atoms with van der Waals surface area (Å²) in [5.74, 6) is 1.08. The molecule has 0 bridgehead atoms. The van der Waals surface area contributed by atoms with E-state index in [4.69, 9.17) is 0 Å². The lowest BCUT2D eigenvalue weighted by atomic mass is 9.94. The van der Waals surface area contributed by atoms with Crippen LogP contribution in [0, 0.1) is 11.8 Å². The summed E-state index contributed by atoms with van der Waals surface area (Å²) in [6.45, 7) is 8.38. The maximum atomic E-state index is 12.5. The second-order valence-corrected chi connectivity index (χ2v) is 8.57. The summed E-state index contributed by atoms with van der Waals surface area (Å²) in [6.07, 6.45) is 7.98. The van der Waals surface area contributed by atoms with E-state index in [-0.39, 0.29) is 11.8 Å². The third-order valence-corrected chi connectivity index (χ3v) is 6.26. The van der Waals surface area contributed by atoms with E-state index in [0.29, 0.717) is 5.92 Å². The average Bonchev–Trinajstić information content (AvgIpc) is 2.73. The van der Waals surface area contributed by atoms with Crippen LogP contribution in [0.15, 0.2) is 36.4 Å². The standard InChI is InChI=1S/C24H37N3O/c1-3-8-22(21-9-5-4-6-10-21)19-27-15-12-20(13-16-27)17-25-24(28)23-11-7-14-26(2)18-23/h4-6,8-10,20,23H,3,7,11-19H2,1-2H3,(H,25,28)/b22-8-/t23-/m0/s1. The Kier molecular flexibility index (Phi) is 8.11. The number of piperidine rings is 2. The van der Waals surface area contributed by atoms with Gasteiger partial charge in [0, 0.05) is 19.6 Å². The van der Waals surface area contributed by atoms with Crippen LogP contribution in [-0.4, -0.2) is 62.0 Å². The van der Waals surface area contributed by atoms with E-state index in [1.165, 1.54) is 24.0 Å². The van der Waals surface area contributed by atoms with Crippen molar-refractivity contribution in [3.05, 3.63) is 42.0 Å². The van der Waals surface area contributed by atoms with Crippen LogP contribution in [0.3, 0.4) is 0 Å². The van der Waals surface area contributed by atoms with Crippen molar-refractivity contribution in [3.8, 4) is 0 Å². The number of nitrogens with one attached hydrogen (secondary N) is 1. The van der Waals surface area contributed by atoms with Gasteiger partial charge in [-0.1, -0.05) is 43.3 Å². The van der Waals surface area contributed by atoms with Gasteiger partial charge in [0.25, 0.3) is 0 Å². The molecule has 2 fully saturated rings. The highest BCUT2D eigenvalue weighted by Crippen LogP contribution is 2.22. The highest BCUT2D eigenvalue weighted by Gasteiger charge is 2.25. The van der Waals surface area contributed by atoms with Gasteiger partial charge in [0.05, 0.1) is 5.92 Å². The van der Waals surface area contributed by atoms with Gasteiger partial charge >= 0.3 is 0 Å². The van der Waals surface area contributed by atoms with Crippen molar-refractivity contribution in [2.24, 2.45) is 11.8 Å². The van der Waals surface area contributed by atoms with Gasteiger partial charge in [0.2, 0.25) is 5.91 Å². The van der Waals surface area contributed by atoms with E-state index < -0.39 is 0 Å². The largest absolute Gasteiger partial charge is 0.356 e. The number of carbonyl (C=O) groups is 1. The third-order valence-electron chi connectivity index (χ3n) is 6.26. The van der Waals surface area contributed by atoms with Gasteiger partial charge in [0.15, 0.2) is 0 Å². The molecule has 0 unspecified atom stereocenters. The first-order valence-corrected chi connectivity index (χ1v) is 11.1. The Bertz CT molecular complexity index is 635. The maximum Gasteiger partial charge on any atom is 0.224 e. The number of benzene rings is 1. The molecule has 2 aliphatic rings. The van der Waals surface area contributed by atoms with Crippen LogP contribution in [0.1, 0.15) is 44.6 Å². The fourth-order valence-corrected chi connectivity index (χ4v) is 4.53. The maximum absolute atomic E-state index is 12.5. The molecule has 1 N–H and O–H groups in total. The predicted octanol–water partition coefficient (Wildman–Crippen LogP) is 3.65. The van der Waals surface area contributed by atoms with Crippen molar-refractivity contribution >= 4 is 11.5 Å². The van der Waals surface area contributed by atoms with Crippen LogP contribution < -0.4 is 5.32 Å². The summed E-state index contributed by atoms with van der Waals surface area (Å²) < 4.78 is 0. The lowest BCUT2D eigenvalue weighted by molar-refractivity contribution is -0.126. The summed E-state index contributed by atoms with van der Waals surface area (Å²) in [7, 11) is 2.12. The minimum Gasteiger partial charge on any atom is -0.356 e. The predicted molar refractivity (Wildman–Crippen MR) is 117 cm³/mol. The quantitative estimate of drug-likeness (QED) is 0.781. The fourth-order valence-electron chi connectivity index (χ4n) is 4.53. The van der Waals surface area contributed by atoms with Crippen molar-refractivity contribution in [3.63, 3.8) is 0 Å². The Morgan fingerprint density at radius 3 is 2.57 bits per heavy atom. The van der Waals surface area contributed by atoms with Gasteiger partial charge in [0.1, 0.15) is 0 Å². The van der Waals surface area contributed by atoms with E-state index in [2.05, 4.69) is 65.5 Å². The number of rotatable bonds is 7. The van der Waals surface area contributed by atoms with Crippen molar-refractivity contribution in [1.82, 2.24) is 15.1 Å². The Morgan fingerprint density at radius 2 is 1.89 bits per heavy atom. The molecule has 2 aliphatic heterocycles. The number of hydrogen-bond donors (Lipinski definition) is 1. The molecule has 0 spiro atoms. The number of amides is 1. The van der Waals surface area contributed by atoms with Crippen molar-refractivity contribution in [1.29, 1.82) is 0 Å². The molecular formula is C24H37N3O. The fraction of sp³-hybridized carbons (Fsp3) is 0.625. The molecule has 1 aromatic rings. The number of likely N-dealkylation sites (tertiary alicyclic amines) is 2. The normalized spacial score (nSPS) is 22.9. The second-order valence-electron chi connectivity index (χ2n) is 8.57. The van der Waals surface area contributed by atoms with Crippen molar-refractivity contribution in [2.45, 2.75) is 39.0 Å². The molecule has 0 radical (unpaired) electrons. The third kappa shape index (κ3) is 6.18. The summed E-state index contributed by atoms with van der Waals surface area (Å²) >= 11 is 0. The van der Waals surface area contributed by atoms with Crippen molar-refractivity contribution in [2.75, 3.05) is 46.3 Å². The molecule has 154 valence electrons. The monoisotopic (exact) mass is 383 g/mol.